The summed E-state index contributed by atoms with van der Waals surface area (Å²) in [5.74, 6) is 0.616. The number of ether oxygens (including phenoxy) is 1. The topological polar surface area (TPSA) is 12.5 Å². The van der Waals surface area contributed by atoms with Crippen molar-refractivity contribution in [2.24, 2.45) is 5.92 Å². The molecular formula is C9H15BrF3NO. The summed E-state index contributed by atoms with van der Waals surface area (Å²) in [7, 11) is 1.82. The van der Waals surface area contributed by atoms with Gasteiger partial charge in [-0.3, -0.25) is 4.74 Å². The molecule has 0 amide bonds. The lowest BCUT2D eigenvalue weighted by Crippen LogP contribution is -2.36. The van der Waals surface area contributed by atoms with E-state index in [9.17, 15) is 13.2 Å². The molecule has 0 spiro atoms. The standard InChI is InChI=1S/C9H15BrF3NO/c1-14(2-3-15-9(11,12)13)6-7-4-8(10)5-7/h7-8H,2-6H2,1H3. The Hall–Kier alpha value is 0.190. The molecule has 2 nitrogen and oxygen atoms in total. The van der Waals surface area contributed by atoms with Gasteiger partial charge in [0.15, 0.2) is 0 Å². The largest absolute Gasteiger partial charge is 0.522 e. The molecule has 0 aromatic rings. The van der Waals surface area contributed by atoms with Crippen molar-refractivity contribution in [3.8, 4) is 0 Å². The average Bonchev–Trinajstić information content (AvgIpc) is 1.98. The minimum Gasteiger partial charge on any atom is -0.304 e. The second kappa shape index (κ2) is 5.50. The highest BCUT2D eigenvalue weighted by Crippen LogP contribution is 2.33. The molecule has 0 aliphatic heterocycles. The summed E-state index contributed by atoms with van der Waals surface area (Å²) in [6.45, 7) is 0.886. The molecule has 0 unspecified atom stereocenters. The Kier molecular flexibility index (Phi) is 4.86. The van der Waals surface area contributed by atoms with Crippen molar-refractivity contribution in [3.05, 3.63) is 0 Å². The highest BCUT2D eigenvalue weighted by Gasteiger charge is 2.30. The van der Waals surface area contributed by atoms with Crippen molar-refractivity contribution in [1.82, 2.24) is 4.90 Å². The number of rotatable bonds is 5. The second-order valence-corrected chi connectivity index (χ2v) is 5.29. The first-order chi connectivity index (χ1) is 6.87. The third-order valence-corrected chi connectivity index (χ3v) is 3.23. The average molecular weight is 290 g/mol. The number of hydrogen-bond acceptors (Lipinski definition) is 2. The van der Waals surface area contributed by atoms with E-state index in [0.717, 1.165) is 19.4 Å². The fourth-order valence-electron chi connectivity index (χ4n) is 1.65. The van der Waals surface area contributed by atoms with Crippen molar-refractivity contribution in [2.75, 3.05) is 26.7 Å². The summed E-state index contributed by atoms with van der Waals surface area (Å²) in [4.78, 5) is 2.48. The van der Waals surface area contributed by atoms with E-state index in [1.807, 2.05) is 11.9 Å². The molecule has 0 saturated heterocycles. The zero-order valence-corrected chi connectivity index (χ0v) is 10.1. The molecule has 0 radical (unpaired) electrons. The summed E-state index contributed by atoms with van der Waals surface area (Å²) in [5.41, 5.74) is 0. The summed E-state index contributed by atoms with van der Waals surface area (Å²) < 4.78 is 38.7. The molecule has 1 saturated carbocycles. The smallest absolute Gasteiger partial charge is 0.304 e. The van der Waals surface area contributed by atoms with Crippen LogP contribution in [0.1, 0.15) is 12.8 Å². The van der Waals surface area contributed by atoms with Crippen LogP contribution in [-0.2, 0) is 4.74 Å². The number of likely N-dealkylation sites (N-methyl/N-ethyl adjacent to an activating group) is 1. The van der Waals surface area contributed by atoms with Crippen molar-refractivity contribution in [1.29, 1.82) is 0 Å². The van der Waals surface area contributed by atoms with E-state index in [-0.39, 0.29) is 6.61 Å². The second-order valence-electron chi connectivity index (χ2n) is 3.99. The minimum absolute atomic E-state index is 0.287. The number of halogens is 4. The third kappa shape index (κ3) is 5.73. The van der Waals surface area contributed by atoms with E-state index in [1.54, 1.807) is 0 Å². The van der Waals surface area contributed by atoms with Gasteiger partial charge < -0.3 is 4.90 Å². The van der Waals surface area contributed by atoms with Gasteiger partial charge >= 0.3 is 6.36 Å². The Balaban J connectivity index is 2.01. The molecule has 1 fully saturated rings. The molecule has 0 bridgehead atoms. The molecule has 1 aliphatic carbocycles. The molecule has 0 aromatic heterocycles. The van der Waals surface area contributed by atoms with Gasteiger partial charge in [-0.2, -0.15) is 0 Å². The Bertz CT molecular complexity index is 194. The normalized spacial score (nSPS) is 26.8. The minimum atomic E-state index is -4.50. The Morgan fingerprint density at radius 2 is 2.00 bits per heavy atom. The first kappa shape index (κ1) is 13.3. The summed E-state index contributed by atoms with van der Waals surface area (Å²) in [5, 5.41) is 0. The van der Waals surface area contributed by atoms with Crippen molar-refractivity contribution < 1.29 is 17.9 Å². The quantitative estimate of drug-likeness (QED) is 0.722. The molecule has 1 aliphatic rings. The first-order valence-corrected chi connectivity index (χ1v) is 5.81. The highest BCUT2D eigenvalue weighted by molar-refractivity contribution is 9.09. The lowest BCUT2D eigenvalue weighted by molar-refractivity contribution is -0.324. The summed E-state index contributed by atoms with van der Waals surface area (Å²) >= 11 is 3.48. The van der Waals surface area contributed by atoms with Crippen LogP contribution in [-0.4, -0.2) is 42.8 Å². The third-order valence-electron chi connectivity index (χ3n) is 2.49. The molecule has 6 heteroatoms. The van der Waals surface area contributed by atoms with E-state index < -0.39 is 6.36 Å². The van der Waals surface area contributed by atoms with Crippen LogP contribution in [0.25, 0.3) is 0 Å². The van der Waals surface area contributed by atoms with Gasteiger partial charge in [0.25, 0.3) is 0 Å². The van der Waals surface area contributed by atoms with Crippen molar-refractivity contribution in [3.63, 3.8) is 0 Å². The van der Waals surface area contributed by atoms with Crippen LogP contribution < -0.4 is 0 Å². The Morgan fingerprint density at radius 1 is 1.40 bits per heavy atom. The van der Waals surface area contributed by atoms with E-state index in [0.29, 0.717) is 17.3 Å². The maximum atomic E-state index is 11.7. The van der Waals surface area contributed by atoms with Crippen LogP contribution >= 0.6 is 15.9 Å². The highest BCUT2D eigenvalue weighted by atomic mass is 79.9. The molecule has 0 atom stereocenters. The van der Waals surface area contributed by atoms with Crippen LogP contribution in [0, 0.1) is 5.92 Å². The van der Waals surface area contributed by atoms with E-state index in [4.69, 9.17) is 0 Å². The fourth-order valence-corrected chi connectivity index (χ4v) is 2.71. The van der Waals surface area contributed by atoms with Crippen LogP contribution in [0.2, 0.25) is 0 Å². The Labute approximate surface area is 95.9 Å². The predicted octanol–water partition coefficient (Wildman–Crippen LogP) is 2.63. The first-order valence-electron chi connectivity index (χ1n) is 4.90. The number of nitrogens with zero attached hydrogens (tertiary/aromatic N) is 1. The van der Waals surface area contributed by atoms with Crippen LogP contribution in [0.4, 0.5) is 13.2 Å². The van der Waals surface area contributed by atoms with Gasteiger partial charge in [0, 0.05) is 17.9 Å². The lowest BCUT2D eigenvalue weighted by atomic mass is 9.85. The van der Waals surface area contributed by atoms with Gasteiger partial charge in [0.1, 0.15) is 0 Å². The van der Waals surface area contributed by atoms with Crippen LogP contribution in [0.3, 0.4) is 0 Å². The molecule has 15 heavy (non-hydrogen) atoms. The summed E-state index contributed by atoms with van der Waals surface area (Å²) in [6, 6.07) is 0. The van der Waals surface area contributed by atoms with Crippen molar-refractivity contribution >= 4 is 15.9 Å². The molecule has 90 valence electrons. The number of hydrogen-bond donors (Lipinski definition) is 0. The van der Waals surface area contributed by atoms with E-state index in [2.05, 4.69) is 20.7 Å². The van der Waals surface area contributed by atoms with Gasteiger partial charge in [-0.05, 0) is 25.8 Å². The molecule has 0 aromatic carbocycles. The molecule has 0 heterocycles. The van der Waals surface area contributed by atoms with Crippen molar-refractivity contribution in [2.45, 2.75) is 24.0 Å². The van der Waals surface area contributed by atoms with Gasteiger partial charge in [-0.15, -0.1) is 13.2 Å². The number of alkyl halides is 4. The van der Waals surface area contributed by atoms with Crippen LogP contribution in [0.5, 0.6) is 0 Å². The van der Waals surface area contributed by atoms with Gasteiger partial charge in [-0.1, -0.05) is 15.9 Å². The zero-order valence-electron chi connectivity index (χ0n) is 8.56. The Morgan fingerprint density at radius 3 is 2.47 bits per heavy atom. The molecule has 1 rings (SSSR count). The van der Waals surface area contributed by atoms with E-state index >= 15 is 0 Å². The SMILES string of the molecule is CN(CCOC(F)(F)F)CC1CC(Br)C1. The van der Waals surface area contributed by atoms with Gasteiger partial charge in [0.2, 0.25) is 0 Å². The predicted molar refractivity (Wildman–Crippen MR) is 54.9 cm³/mol. The lowest BCUT2D eigenvalue weighted by Gasteiger charge is -2.34. The molecule has 0 N–H and O–H groups in total. The van der Waals surface area contributed by atoms with E-state index in [1.165, 1.54) is 0 Å². The zero-order chi connectivity index (χ0) is 11.5. The summed E-state index contributed by atoms with van der Waals surface area (Å²) in [6.07, 6.45) is -2.27. The fraction of sp³-hybridized carbons (Fsp3) is 1.00. The van der Waals surface area contributed by atoms with Gasteiger partial charge in [0.05, 0.1) is 6.61 Å². The molecular weight excluding hydrogens is 275 g/mol. The van der Waals surface area contributed by atoms with Gasteiger partial charge in [-0.25, -0.2) is 0 Å². The van der Waals surface area contributed by atoms with Crippen LogP contribution in [0.15, 0.2) is 0 Å². The monoisotopic (exact) mass is 289 g/mol. The maximum absolute atomic E-state index is 11.7. The maximum Gasteiger partial charge on any atom is 0.522 e.